The van der Waals surface area contributed by atoms with Gasteiger partial charge in [0.2, 0.25) is 0 Å². The van der Waals surface area contributed by atoms with Crippen LogP contribution in [0.25, 0.3) is 5.57 Å². The second kappa shape index (κ2) is 10.7. The van der Waals surface area contributed by atoms with E-state index < -0.39 is 5.41 Å². The lowest BCUT2D eigenvalue weighted by atomic mass is 9.64. The normalized spacial score (nSPS) is 14.2. The summed E-state index contributed by atoms with van der Waals surface area (Å²) in [6.45, 7) is 6.88. The summed E-state index contributed by atoms with van der Waals surface area (Å²) < 4.78 is 0. The van der Waals surface area contributed by atoms with E-state index in [2.05, 4.69) is 141 Å². The molecule has 0 saturated heterocycles. The van der Waals surface area contributed by atoms with Crippen molar-refractivity contribution in [1.29, 1.82) is 0 Å². The van der Waals surface area contributed by atoms with Crippen LogP contribution in [0.4, 0.5) is 5.69 Å². The van der Waals surface area contributed by atoms with Crippen LogP contribution in [0, 0.1) is 0 Å². The average molecular weight is 534 g/mol. The third kappa shape index (κ3) is 4.70. The summed E-state index contributed by atoms with van der Waals surface area (Å²) in [5.41, 5.74) is 8.23. The maximum Gasteiger partial charge on any atom is 0.182 e. The van der Waals surface area contributed by atoms with Crippen LogP contribution in [0.2, 0.25) is 0 Å². The van der Waals surface area contributed by atoms with E-state index in [1.165, 1.54) is 27.8 Å². The number of nitrogens with zero attached hydrogens (tertiary/aromatic N) is 1. The van der Waals surface area contributed by atoms with Gasteiger partial charge in [-0.25, -0.2) is 0 Å². The third-order valence-electron chi connectivity index (χ3n) is 8.43. The van der Waals surface area contributed by atoms with Gasteiger partial charge in [0, 0.05) is 16.8 Å². The van der Waals surface area contributed by atoms with Crippen LogP contribution in [0.15, 0.2) is 146 Å². The molecule has 0 radical (unpaired) electrons. The highest BCUT2D eigenvalue weighted by Gasteiger charge is 2.40. The van der Waals surface area contributed by atoms with E-state index in [0.717, 1.165) is 16.8 Å². The number of benzene rings is 5. The van der Waals surface area contributed by atoms with Gasteiger partial charge in [-0.15, -0.1) is 0 Å². The molecule has 5 aromatic rings. The fourth-order valence-electron chi connectivity index (χ4n) is 6.53. The van der Waals surface area contributed by atoms with Gasteiger partial charge < -0.3 is 4.90 Å². The molecule has 0 fully saturated rings. The van der Waals surface area contributed by atoms with Gasteiger partial charge in [-0.05, 0) is 60.7 Å². The summed E-state index contributed by atoms with van der Waals surface area (Å²) in [7, 11) is 0. The second-order valence-corrected chi connectivity index (χ2v) is 11.4. The molecule has 0 atom stereocenters. The third-order valence-corrected chi connectivity index (χ3v) is 8.43. The molecule has 1 aliphatic rings. The summed E-state index contributed by atoms with van der Waals surface area (Å²) in [5, 5.41) is 0. The van der Waals surface area contributed by atoms with Gasteiger partial charge >= 0.3 is 0 Å². The Labute approximate surface area is 243 Å². The molecule has 2 heteroatoms. The maximum absolute atomic E-state index is 13.4. The van der Waals surface area contributed by atoms with Gasteiger partial charge in [0.15, 0.2) is 5.78 Å². The average Bonchev–Trinajstić information content (AvgIpc) is 3.01. The Balaban J connectivity index is 1.56. The van der Waals surface area contributed by atoms with Gasteiger partial charge in [-0.3, -0.25) is 4.79 Å². The van der Waals surface area contributed by atoms with Crippen LogP contribution in [0.1, 0.15) is 58.9 Å². The van der Waals surface area contributed by atoms with Crippen LogP contribution >= 0.6 is 0 Å². The first-order chi connectivity index (χ1) is 19.9. The zero-order valence-electron chi connectivity index (χ0n) is 23.9. The highest BCUT2D eigenvalue weighted by atomic mass is 16.1. The van der Waals surface area contributed by atoms with Crippen molar-refractivity contribution < 1.29 is 4.79 Å². The van der Waals surface area contributed by atoms with Crippen LogP contribution in [0.5, 0.6) is 0 Å². The SMILES string of the molecule is CC1=CC(C)(C)N(CC(=O)c2ccccc2)c2ccc(C(c3ccccc3)(c3ccccc3)c3ccccc3)cc21. The molecular formula is C39H35NO. The van der Waals surface area contributed by atoms with Crippen molar-refractivity contribution in [2.24, 2.45) is 0 Å². The Bertz CT molecular complexity index is 1590. The number of anilines is 1. The molecule has 1 heterocycles. The molecule has 0 bridgehead atoms. The Hall–Kier alpha value is -4.69. The van der Waals surface area contributed by atoms with E-state index in [9.17, 15) is 4.79 Å². The number of allylic oxidation sites excluding steroid dienone is 1. The lowest BCUT2D eigenvalue weighted by Gasteiger charge is -2.44. The molecule has 0 unspecified atom stereocenters. The van der Waals surface area contributed by atoms with Crippen molar-refractivity contribution in [3.63, 3.8) is 0 Å². The first kappa shape index (κ1) is 26.5. The highest BCUT2D eigenvalue weighted by Crippen LogP contribution is 2.48. The van der Waals surface area contributed by atoms with Crippen molar-refractivity contribution in [2.45, 2.75) is 31.7 Å². The van der Waals surface area contributed by atoms with Gasteiger partial charge in [-0.2, -0.15) is 0 Å². The molecule has 0 spiro atoms. The van der Waals surface area contributed by atoms with E-state index in [1.54, 1.807) is 0 Å². The van der Waals surface area contributed by atoms with Gasteiger partial charge in [0.1, 0.15) is 0 Å². The smallest absolute Gasteiger partial charge is 0.182 e. The Morgan fingerprint density at radius 3 is 1.59 bits per heavy atom. The molecule has 202 valence electrons. The molecule has 5 aromatic carbocycles. The largest absolute Gasteiger partial charge is 0.355 e. The molecule has 0 aliphatic carbocycles. The molecule has 1 aliphatic heterocycles. The maximum atomic E-state index is 13.4. The first-order valence-electron chi connectivity index (χ1n) is 14.3. The number of hydrogen-bond donors (Lipinski definition) is 0. The molecule has 0 aromatic heterocycles. The summed E-state index contributed by atoms with van der Waals surface area (Å²) in [5.74, 6) is 0.119. The molecule has 0 N–H and O–H groups in total. The molecule has 0 saturated carbocycles. The molecule has 41 heavy (non-hydrogen) atoms. The van der Waals surface area contributed by atoms with Gasteiger partial charge in [0.05, 0.1) is 17.5 Å². The number of carbonyl (C=O) groups excluding carboxylic acids is 1. The quantitative estimate of drug-likeness (QED) is 0.154. The van der Waals surface area contributed by atoms with E-state index in [1.807, 2.05) is 30.3 Å². The molecule has 0 amide bonds. The lowest BCUT2D eigenvalue weighted by molar-refractivity contribution is 0.0995. The predicted octanol–water partition coefficient (Wildman–Crippen LogP) is 8.95. The number of rotatable bonds is 7. The highest BCUT2D eigenvalue weighted by molar-refractivity contribution is 6.00. The van der Waals surface area contributed by atoms with Crippen molar-refractivity contribution in [3.05, 3.63) is 179 Å². The summed E-state index contributed by atoms with van der Waals surface area (Å²) >= 11 is 0. The zero-order valence-corrected chi connectivity index (χ0v) is 23.9. The van der Waals surface area contributed by atoms with Gasteiger partial charge in [-0.1, -0.05) is 133 Å². The Morgan fingerprint density at radius 1 is 0.634 bits per heavy atom. The fourth-order valence-corrected chi connectivity index (χ4v) is 6.53. The summed E-state index contributed by atoms with van der Waals surface area (Å²) in [6, 6.07) is 48.8. The van der Waals surface area contributed by atoms with Crippen molar-refractivity contribution in [3.8, 4) is 0 Å². The van der Waals surface area contributed by atoms with E-state index in [0.29, 0.717) is 6.54 Å². The van der Waals surface area contributed by atoms with Crippen LogP contribution in [-0.2, 0) is 5.41 Å². The fraction of sp³-hybridized carbons (Fsp3) is 0.154. The van der Waals surface area contributed by atoms with Crippen LogP contribution in [-0.4, -0.2) is 17.9 Å². The molecule has 6 rings (SSSR count). The first-order valence-corrected chi connectivity index (χ1v) is 14.3. The van der Waals surface area contributed by atoms with E-state index in [4.69, 9.17) is 0 Å². The molecular weight excluding hydrogens is 498 g/mol. The minimum absolute atomic E-state index is 0.119. The van der Waals surface area contributed by atoms with E-state index >= 15 is 0 Å². The van der Waals surface area contributed by atoms with Crippen molar-refractivity contribution in [1.82, 2.24) is 0 Å². The number of fused-ring (bicyclic) bond motifs is 1. The monoisotopic (exact) mass is 533 g/mol. The van der Waals surface area contributed by atoms with Crippen LogP contribution in [0.3, 0.4) is 0 Å². The standard InChI is InChI=1S/C39H35NO/c1-29-27-38(2,3)40(28-37(41)30-16-8-4-9-17-30)36-25-24-34(26-35(29)36)39(31-18-10-5-11-19-31,32-20-12-6-13-21-32)33-22-14-7-15-23-33/h4-27H,28H2,1-3H3. The number of carbonyl (C=O) groups is 1. The number of ketones is 1. The van der Waals surface area contributed by atoms with Crippen molar-refractivity contribution >= 4 is 17.0 Å². The van der Waals surface area contributed by atoms with E-state index in [-0.39, 0.29) is 11.3 Å². The van der Waals surface area contributed by atoms with Gasteiger partial charge in [0.25, 0.3) is 0 Å². The van der Waals surface area contributed by atoms with Crippen LogP contribution < -0.4 is 4.90 Å². The lowest BCUT2D eigenvalue weighted by Crippen LogP contribution is -2.47. The number of hydrogen-bond acceptors (Lipinski definition) is 2. The minimum Gasteiger partial charge on any atom is -0.355 e. The van der Waals surface area contributed by atoms with Crippen molar-refractivity contribution in [2.75, 3.05) is 11.4 Å². The summed E-state index contributed by atoms with van der Waals surface area (Å²) in [6.07, 6.45) is 2.30. The topological polar surface area (TPSA) is 20.3 Å². The predicted molar refractivity (Wildman–Crippen MR) is 171 cm³/mol. The Morgan fingerprint density at radius 2 is 1.10 bits per heavy atom. The minimum atomic E-state index is -0.517. The second-order valence-electron chi connectivity index (χ2n) is 11.4. The molecule has 2 nitrogen and oxygen atoms in total. The Kier molecular flexibility index (Phi) is 6.93. The summed E-state index contributed by atoms with van der Waals surface area (Å²) in [4.78, 5) is 15.7. The number of Topliss-reactive ketones (excluding diaryl/α,β-unsaturated/α-hetero) is 1. The zero-order chi connectivity index (χ0) is 28.5.